The third kappa shape index (κ3) is 4.73. The highest BCUT2D eigenvalue weighted by molar-refractivity contribution is 6.07. The van der Waals surface area contributed by atoms with Gasteiger partial charge in [0.05, 0.1) is 18.8 Å². The minimum absolute atomic E-state index is 0.0668. The van der Waals surface area contributed by atoms with E-state index in [-0.39, 0.29) is 11.3 Å². The number of nitrogens with zero attached hydrogens (tertiary/aromatic N) is 4. The maximum absolute atomic E-state index is 13.3. The molecule has 2 aromatic heterocycles. The molecule has 0 spiro atoms. The summed E-state index contributed by atoms with van der Waals surface area (Å²) in [6.45, 7) is 7.19. The quantitative estimate of drug-likeness (QED) is 0.509. The second-order valence-electron chi connectivity index (χ2n) is 10.3. The molecule has 8 nitrogen and oxygen atoms in total. The predicted octanol–water partition coefficient (Wildman–Crippen LogP) is 4.50. The lowest BCUT2D eigenvalue weighted by atomic mass is 9.87. The van der Waals surface area contributed by atoms with E-state index in [1.807, 2.05) is 18.2 Å². The fourth-order valence-corrected chi connectivity index (χ4v) is 5.35. The minimum atomic E-state index is -0.195. The first-order valence-corrected chi connectivity index (χ1v) is 12.5. The molecule has 188 valence electrons. The van der Waals surface area contributed by atoms with Gasteiger partial charge in [0.1, 0.15) is 5.82 Å². The van der Waals surface area contributed by atoms with Gasteiger partial charge in [0.15, 0.2) is 0 Å². The van der Waals surface area contributed by atoms with Gasteiger partial charge in [0.25, 0.3) is 5.91 Å². The molecule has 0 aliphatic carbocycles. The molecule has 1 aromatic carbocycles. The number of ether oxygens (including phenoxy) is 1. The van der Waals surface area contributed by atoms with Crippen LogP contribution in [0.15, 0.2) is 54.9 Å². The van der Waals surface area contributed by atoms with Crippen LogP contribution in [0.4, 0.5) is 17.2 Å². The number of methoxy groups -OCH3 is 1. The van der Waals surface area contributed by atoms with E-state index in [0.29, 0.717) is 30.0 Å². The molecule has 0 saturated carbocycles. The Balaban J connectivity index is 1.34. The fourth-order valence-electron chi connectivity index (χ4n) is 5.35. The van der Waals surface area contributed by atoms with Crippen LogP contribution >= 0.6 is 0 Å². The van der Waals surface area contributed by atoms with Crippen LogP contribution < -0.4 is 20.3 Å². The lowest BCUT2D eigenvalue weighted by molar-refractivity contribution is 0.102. The Morgan fingerprint density at radius 2 is 2.03 bits per heavy atom. The molecule has 1 atom stereocenters. The molecule has 0 bridgehead atoms. The number of anilines is 3. The van der Waals surface area contributed by atoms with Gasteiger partial charge in [-0.05, 0) is 67.9 Å². The molecule has 2 aliphatic heterocycles. The average Bonchev–Trinajstić information content (AvgIpc) is 3.42. The lowest BCUT2D eigenvalue weighted by Gasteiger charge is -2.33. The smallest absolute Gasteiger partial charge is 0.259 e. The number of rotatable bonds is 7. The molecule has 0 radical (unpaired) electrons. The number of carbonyl (C=O) groups excluding carboxylic acids is 1. The number of benzene rings is 1. The summed E-state index contributed by atoms with van der Waals surface area (Å²) in [4.78, 5) is 26.8. The molecule has 4 heterocycles. The third-order valence-electron chi connectivity index (χ3n) is 7.22. The van der Waals surface area contributed by atoms with E-state index < -0.39 is 0 Å². The zero-order chi connectivity index (χ0) is 25.3. The van der Waals surface area contributed by atoms with Crippen molar-refractivity contribution in [3.05, 3.63) is 71.5 Å². The first-order chi connectivity index (χ1) is 17.4. The van der Waals surface area contributed by atoms with Crippen LogP contribution in [0, 0.1) is 0 Å². The van der Waals surface area contributed by atoms with Crippen molar-refractivity contribution in [3.8, 4) is 5.88 Å². The van der Waals surface area contributed by atoms with Crippen LogP contribution in [0.5, 0.6) is 5.88 Å². The number of hydrogen-bond donors (Lipinski definition) is 2. The number of likely N-dealkylation sites (tertiary alicyclic amines) is 1. The van der Waals surface area contributed by atoms with E-state index in [9.17, 15) is 4.79 Å². The van der Waals surface area contributed by atoms with E-state index in [4.69, 9.17) is 4.74 Å². The van der Waals surface area contributed by atoms with Crippen molar-refractivity contribution in [1.82, 2.24) is 14.9 Å². The molecule has 1 amide bonds. The number of fused-ring (bicyclic) bond motifs is 1. The molecule has 8 heteroatoms. The number of nitrogens with one attached hydrogen (secondary N) is 2. The summed E-state index contributed by atoms with van der Waals surface area (Å²) in [5.41, 5.74) is 4.88. The standard InChI is InChI=1S/C28H34N6O2/c1-28(2)18-34(25-8-6-14-33(25)3)23-16-20(9-10-22(23)28)32-27(35)21-7-5-12-30-26(21)31-17-19-11-13-29-24(15-19)36-4/h5,7,9-13,15-16,25H,6,8,14,17-18H2,1-4H3,(H,30,31)(H,32,35). The first kappa shape index (κ1) is 24.1. The van der Waals surface area contributed by atoms with Gasteiger partial charge in [-0.1, -0.05) is 19.9 Å². The lowest BCUT2D eigenvalue weighted by Crippen LogP contribution is -2.44. The Morgan fingerprint density at radius 3 is 2.81 bits per heavy atom. The normalized spacial score (nSPS) is 18.7. The average molecular weight is 487 g/mol. The van der Waals surface area contributed by atoms with E-state index >= 15 is 0 Å². The highest BCUT2D eigenvalue weighted by atomic mass is 16.5. The molecular weight excluding hydrogens is 452 g/mol. The summed E-state index contributed by atoms with van der Waals surface area (Å²) < 4.78 is 5.20. The maximum Gasteiger partial charge on any atom is 0.259 e. The van der Waals surface area contributed by atoms with Crippen molar-refractivity contribution in [1.29, 1.82) is 0 Å². The van der Waals surface area contributed by atoms with Gasteiger partial charge in [0.2, 0.25) is 5.88 Å². The van der Waals surface area contributed by atoms with Gasteiger partial charge in [-0.2, -0.15) is 0 Å². The van der Waals surface area contributed by atoms with Gasteiger partial charge in [-0.25, -0.2) is 9.97 Å². The van der Waals surface area contributed by atoms with Gasteiger partial charge >= 0.3 is 0 Å². The summed E-state index contributed by atoms with van der Waals surface area (Å²) in [5, 5.41) is 6.39. The SMILES string of the molecule is COc1cc(CNc2ncccc2C(=O)Nc2ccc3c(c2)N(C2CCCN2C)CC3(C)C)ccn1. The second-order valence-corrected chi connectivity index (χ2v) is 10.3. The van der Waals surface area contributed by atoms with Crippen LogP contribution in [0.25, 0.3) is 0 Å². The highest BCUT2D eigenvalue weighted by Gasteiger charge is 2.40. The van der Waals surface area contributed by atoms with Gasteiger partial charge in [-0.3, -0.25) is 9.69 Å². The topological polar surface area (TPSA) is 82.6 Å². The van der Waals surface area contributed by atoms with Crippen molar-refractivity contribution < 1.29 is 9.53 Å². The molecular formula is C28H34N6O2. The number of amides is 1. The van der Waals surface area contributed by atoms with Crippen LogP contribution in [0.2, 0.25) is 0 Å². The molecule has 2 N–H and O–H groups in total. The molecule has 36 heavy (non-hydrogen) atoms. The monoisotopic (exact) mass is 486 g/mol. The summed E-state index contributed by atoms with van der Waals surface area (Å²) in [7, 11) is 3.79. The summed E-state index contributed by atoms with van der Waals surface area (Å²) in [6, 6.07) is 13.6. The Hall–Kier alpha value is -3.65. The van der Waals surface area contributed by atoms with E-state index in [2.05, 4.69) is 63.4 Å². The first-order valence-electron chi connectivity index (χ1n) is 12.5. The zero-order valence-corrected chi connectivity index (χ0v) is 21.4. The predicted molar refractivity (Wildman–Crippen MR) is 143 cm³/mol. The van der Waals surface area contributed by atoms with Gasteiger partial charge in [0, 0.05) is 48.3 Å². The number of hydrogen-bond acceptors (Lipinski definition) is 7. The van der Waals surface area contributed by atoms with Crippen molar-refractivity contribution in [2.24, 2.45) is 0 Å². The summed E-state index contributed by atoms with van der Waals surface area (Å²) in [5.74, 6) is 0.882. The van der Waals surface area contributed by atoms with Crippen molar-refractivity contribution in [2.75, 3.05) is 42.8 Å². The molecule has 2 aliphatic rings. The largest absolute Gasteiger partial charge is 0.481 e. The van der Waals surface area contributed by atoms with Gasteiger partial charge < -0.3 is 20.3 Å². The number of aromatic nitrogens is 2. The molecule has 1 unspecified atom stereocenters. The van der Waals surface area contributed by atoms with Crippen LogP contribution in [0.1, 0.15) is 48.2 Å². The molecule has 3 aromatic rings. The number of pyridine rings is 2. The van der Waals surface area contributed by atoms with Gasteiger partial charge in [-0.15, -0.1) is 0 Å². The maximum atomic E-state index is 13.3. The molecule has 1 fully saturated rings. The summed E-state index contributed by atoms with van der Waals surface area (Å²) >= 11 is 0. The molecule has 5 rings (SSSR count). The summed E-state index contributed by atoms with van der Waals surface area (Å²) in [6.07, 6.45) is 6.16. The zero-order valence-electron chi connectivity index (χ0n) is 21.4. The van der Waals surface area contributed by atoms with Crippen molar-refractivity contribution in [2.45, 2.75) is 44.8 Å². The Labute approximate surface area is 212 Å². The Morgan fingerprint density at radius 1 is 1.17 bits per heavy atom. The van der Waals surface area contributed by atoms with Crippen molar-refractivity contribution >= 4 is 23.1 Å². The Kier molecular flexibility index (Phi) is 6.53. The van der Waals surface area contributed by atoms with Crippen LogP contribution in [0.3, 0.4) is 0 Å². The highest BCUT2D eigenvalue weighted by Crippen LogP contribution is 2.44. The second kappa shape index (κ2) is 9.78. The van der Waals surface area contributed by atoms with E-state index in [1.165, 1.54) is 17.7 Å². The minimum Gasteiger partial charge on any atom is -0.481 e. The molecule has 1 saturated heterocycles. The van der Waals surface area contributed by atoms with E-state index in [0.717, 1.165) is 30.8 Å². The third-order valence-corrected chi connectivity index (χ3v) is 7.22. The van der Waals surface area contributed by atoms with Crippen molar-refractivity contribution in [3.63, 3.8) is 0 Å². The van der Waals surface area contributed by atoms with Crippen LogP contribution in [-0.4, -0.2) is 54.2 Å². The fraction of sp³-hybridized carbons (Fsp3) is 0.393. The Bertz CT molecular complexity index is 1260. The van der Waals surface area contributed by atoms with Crippen LogP contribution in [-0.2, 0) is 12.0 Å². The number of carbonyl (C=O) groups is 1. The van der Waals surface area contributed by atoms with E-state index in [1.54, 1.807) is 31.6 Å².